The van der Waals surface area contributed by atoms with E-state index in [0.29, 0.717) is 0 Å². The summed E-state index contributed by atoms with van der Waals surface area (Å²) in [5, 5.41) is 10.6. The van der Waals surface area contributed by atoms with E-state index >= 15 is 0 Å². The minimum absolute atomic E-state index is 0.0485. The van der Waals surface area contributed by atoms with Crippen LogP contribution < -0.4 is 4.74 Å². The van der Waals surface area contributed by atoms with Crippen LogP contribution in [0.4, 0.5) is 18.9 Å². The molecule has 0 saturated heterocycles. The van der Waals surface area contributed by atoms with E-state index in [1.807, 2.05) is 0 Å². The van der Waals surface area contributed by atoms with Crippen LogP contribution in [-0.2, 0) is 6.18 Å². The highest BCUT2D eigenvalue weighted by Crippen LogP contribution is 2.36. The van der Waals surface area contributed by atoms with Gasteiger partial charge in [-0.3, -0.25) is 10.1 Å². The Morgan fingerprint density at radius 1 is 1.17 bits per heavy atom. The zero-order valence-corrected chi connectivity index (χ0v) is 11.8. The summed E-state index contributed by atoms with van der Waals surface area (Å²) < 4.78 is 43.4. The Labute approximate surface area is 128 Å². The van der Waals surface area contributed by atoms with E-state index in [9.17, 15) is 28.1 Å². The van der Waals surface area contributed by atoms with Gasteiger partial charge in [0.25, 0.3) is 5.69 Å². The molecule has 0 aliphatic rings. The molecule has 0 spiro atoms. The molecule has 2 aromatic carbocycles. The Kier molecular flexibility index (Phi) is 4.35. The van der Waals surface area contributed by atoms with E-state index in [1.165, 1.54) is 19.1 Å². The van der Waals surface area contributed by atoms with Crippen molar-refractivity contribution in [2.45, 2.75) is 13.1 Å². The molecule has 0 fully saturated rings. The Balaban J connectivity index is 2.32. The van der Waals surface area contributed by atoms with Gasteiger partial charge in [-0.2, -0.15) is 13.2 Å². The van der Waals surface area contributed by atoms with Crippen molar-refractivity contribution in [3.05, 3.63) is 69.3 Å². The molecule has 0 aliphatic carbocycles. The van der Waals surface area contributed by atoms with Crippen molar-refractivity contribution in [3.63, 3.8) is 0 Å². The van der Waals surface area contributed by atoms with Crippen molar-refractivity contribution < 1.29 is 27.6 Å². The first kappa shape index (κ1) is 16.5. The third-order valence-electron chi connectivity index (χ3n) is 3.04. The lowest BCUT2D eigenvalue weighted by Gasteiger charge is -2.13. The maximum atomic E-state index is 12.9. The van der Waals surface area contributed by atoms with Crippen molar-refractivity contribution in [2.75, 3.05) is 0 Å². The average molecular weight is 325 g/mol. The summed E-state index contributed by atoms with van der Waals surface area (Å²) in [6, 6.07) is 7.68. The molecule has 0 unspecified atom stereocenters. The van der Waals surface area contributed by atoms with E-state index in [1.54, 1.807) is 0 Å². The average Bonchev–Trinajstić information content (AvgIpc) is 2.46. The molecule has 0 atom stereocenters. The molecular weight excluding hydrogens is 315 g/mol. The minimum atomic E-state index is -4.67. The highest BCUT2D eigenvalue weighted by Gasteiger charge is 2.34. The summed E-state index contributed by atoms with van der Waals surface area (Å²) in [6.07, 6.45) is -4.67. The quantitative estimate of drug-likeness (QED) is 0.368. The minimum Gasteiger partial charge on any atom is -0.422 e. The zero-order valence-electron chi connectivity index (χ0n) is 11.8. The first-order valence-corrected chi connectivity index (χ1v) is 6.33. The van der Waals surface area contributed by atoms with Gasteiger partial charge in [0.1, 0.15) is 5.75 Å². The Hall–Kier alpha value is -2.90. The number of nitro groups is 1. The van der Waals surface area contributed by atoms with Gasteiger partial charge < -0.3 is 4.74 Å². The van der Waals surface area contributed by atoms with Gasteiger partial charge in [-0.25, -0.2) is 4.79 Å². The van der Waals surface area contributed by atoms with Gasteiger partial charge in [0.2, 0.25) is 0 Å². The summed E-state index contributed by atoms with van der Waals surface area (Å²) >= 11 is 0. The van der Waals surface area contributed by atoms with Crippen LogP contribution in [-0.4, -0.2) is 10.9 Å². The van der Waals surface area contributed by atoms with Crippen LogP contribution in [0.2, 0.25) is 0 Å². The first-order chi connectivity index (χ1) is 10.7. The predicted molar refractivity (Wildman–Crippen MR) is 74.2 cm³/mol. The van der Waals surface area contributed by atoms with Crippen molar-refractivity contribution in [1.82, 2.24) is 0 Å². The maximum absolute atomic E-state index is 12.9. The van der Waals surface area contributed by atoms with Crippen molar-refractivity contribution in [2.24, 2.45) is 0 Å². The summed E-state index contributed by atoms with van der Waals surface area (Å²) in [4.78, 5) is 22.0. The first-order valence-electron chi connectivity index (χ1n) is 6.33. The fourth-order valence-corrected chi connectivity index (χ4v) is 1.94. The van der Waals surface area contributed by atoms with Crippen molar-refractivity contribution >= 4 is 11.7 Å². The fourth-order valence-electron chi connectivity index (χ4n) is 1.94. The largest absolute Gasteiger partial charge is 0.422 e. The number of carbonyl (C=O) groups excluding carboxylic acids is 1. The predicted octanol–water partition coefficient (Wildman–Crippen LogP) is 4.14. The van der Waals surface area contributed by atoms with Crippen molar-refractivity contribution in [1.29, 1.82) is 0 Å². The van der Waals surface area contributed by atoms with Gasteiger partial charge in [0.15, 0.2) is 0 Å². The van der Waals surface area contributed by atoms with Crippen LogP contribution in [0.3, 0.4) is 0 Å². The number of hydrogen-bond donors (Lipinski definition) is 0. The van der Waals surface area contributed by atoms with Crippen molar-refractivity contribution in [3.8, 4) is 5.75 Å². The number of rotatable bonds is 3. The van der Waals surface area contributed by atoms with Gasteiger partial charge in [-0.05, 0) is 30.7 Å². The second-order valence-electron chi connectivity index (χ2n) is 4.64. The van der Waals surface area contributed by atoms with Crippen LogP contribution in [0.15, 0.2) is 42.5 Å². The maximum Gasteiger partial charge on any atom is 0.419 e. The lowest BCUT2D eigenvalue weighted by atomic mass is 10.1. The molecule has 5 nitrogen and oxygen atoms in total. The lowest BCUT2D eigenvalue weighted by Crippen LogP contribution is -2.14. The Morgan fingerprint density at radius 2 is 1.83 bits per heavy atom. The smallest absolute Gasteiger partial charge is 0.419 e. The molecule has 0 heterocycles. The number of nitrogens with zero attached hydrogens (tertiary/aromatic N) is 1. The monoisotopic (exact) mass is 325 g/mol. The third kappa shape index (κ3) is 3.65. The van der Waals surface area contributed by atoms with Gasteiger partial charge in [0.05, 0.1) is 16.1 Å². The summed E-state index contributed by atoms with van der Waals surface area (Å²) in [7, 11) is 0. The number of nitro benzene ring substituents is 1. The fraction of sp³-hybridized carbons (Fsp3) is 0.133. The number of aryl methyl sites for hydroxylation is 1. The number of benzene rings is 2. The van der Waals surface area contributed by atoms with Crippen LogP contribution in [0, 0.1) is 17.0 Å². The molecule has 2 rings (SSSR count). The lowest BCUT2D eigenvalue weighted by molar-refractivity contribution is -0.384. The number of esters is 1. The van der Waals surface area contributed by atoms with Gasteiger partial charge in [-0.1, -0.05) is 12.1 Å². The second-order valence-corrected chi connectivity index (χ2v) is 4.64. The number of alkyl halides is 3. The summed E-state index contributed by atoms with van der Waals surface area (Å²) in [5.74, 6) is -1.64. The van der Waals surface area contributed by atoms with Gasteiger partial charge >= 0.3 is 12.1 Å². The molecule has 2 aromatic rings. The number of hydrogen-bond acceptors (Lipinski definition) is 4. The van der Waals surface area contributed by atoms with Crippen LogP contribution >= 0.6 is 0 Å². The van der Waals surface area contributed by atoms with Gasteiger partial charge in [-0.15, -0.1) is 0 Å². The van der Waals surface area contributed by atoms with E-state index in [2.05, 4.69) is 0 Å². The van der Waals surface area contributed by atoms with E-state index < -0.39 is 28.4 Å². The highest BCUT2D eigenvalue weighted by atomic mass is 19.4. The number of ether oxygens (including phenoxy) is 1. The molecule has 23 heavy (non-hydrogen) atoms. The summed E-state index contributed by atoms with van der Waals surface area (Å²) in [6.45, 7) is 1.43. The van der Waals surface area contributed by atoms with E-state index in [0.717, 1.165) is 30.3 Å². The van der Waals surface area contributed by atoms with Crippen LogP contribution in [0.5, 0.6) is 5.75 Å². The van der Waals surface area contributed by atoms with Crippen LogP contribution in [0.1, 0.15) is 21.5 Å². The summed E-state index contributed by atoms with van der Waals surface area (Å²) in [5.41, 5.74) is -1.12. The molecule has 120 valence electrons. The molecule has 0 aromatic heterocycles. The SMILES string of the molecule is Cc1cc([N+](=O)[O-])ccc1C(=O)Oc1ccccc1C(F)(F)F. The Morgan fingerprint density at radius 3 is 2.39 bits per heavy atom. The topological polar surface area (TPSA) is 69.4 Å². The molecule has 8 heteroatoms. The molecule has 0 radical (unpaired) electrons. The second kappa shape index (κ2) is 6.07. The number of carbonyl (C=O) groups is 1. The molecular formula is C15H10F3NO4. The normalized spacial score (nSPS) is 11.1. The highest BCUT2D eigenvalue weighted by molar-refractivity contribution is 5.93. The zero-order chi connectivity index (χ0) is 17.2. The van der Waals surface area contributed by atoms with E-state index in [4.69, 9.17) is 4.74 Å². The van der Waals surface area contributed by atoms with Crippen LogP contribution in [0.25, 0.3) is 0 Å². The Bertz CT molecular complexity index is 772. The van der Waals surface area contributed by atoms with E-state index in [-0.39, 0.29) is 16.8 Å². The molecule has 0 aliphatic heterocycles. The molecule has 0 bridgehead atoms. The number of halogens is 3. The molecule has 0 N–H and O–H groups in total. The molecule has 0 saturated carbocycles. The number of para-hydroxylation sites is 1. The number of non-ortho nitro benzene ring substituents is 1. The standard InChI is InChI=1S/C15H10F3NO4/c1-9-8-10(19(21)22)6-7-11(9)14(20)23-13-5-3-2-4-12(13)15(16,17)18/h2-8H,1H3. The third-order valence-corrected chi connectivity index (χ3v) is 3.04. The molecule has 0 amide bonds. The van der Waals surface area contributed by atoms with Gasteiger partial charge in [0, 0.05) is 12.1 Å².